The van der Waals surface area contributed by atoms with E-state index >= 15 is 0 Å². The smallest absolute Gasteiger partial charge is 0.183 e. The highest BCUT2D eigenvalue weighted by Gasteiger charge is 2.25. The molecule has 0 spiro atoms. The van der Waals surface area contributed by atoms with Gasteiger partial charge in [-0.05, 0) is 31.9 Å². The molecule has 0 bridgehead atoms. The van der Waals surface area contributed by atoms with E-state index < -0.39 is 11.6 Å². The Bertz CT molecular complexity index is 739. The molecule has 0 amide bonds. The number of rotatable bonds is 1. The molecule has 2 heterocycles. The van der Waals surface area contributed by atoms with Gasteiger partial charge < -0.3 is 14.6 Å². The number of nitrogens with zero attached hydrogens (tertiary/aromatic N) is 2. The van der Waals surface area contributed by atoms with Gasteiger partial charge in [0.1, 0.15) is 0 Å². The number of hydrogen-bond acceptors (Lipinski definition) is 3. The van der Waals surface area contributed by atoms with E-state index in [9.17, 15) is 8.78 Å². The molecule has 1 aromatic carbocycles. The number of ether oxygens (including phenoxy) is 1. The lowest BCUT2D eigenvalue weighted by Crippen LogP contribution is -2.45. The lowest BCUT2D eigenvalue weighted by atomic mass is 10.1. The maximum Gasteiger partial charge on any atom is 0.183 e. The Morgan fingerprint density at radius 1 is 1.17 bits per heavy atom. The monoisotopic (exact) mass is 317 g/mol. The van der Waals surface area contributed by atoms with Crippen molar-refractivity contribution in [1.82, 2.24) is 9.97 Å². The van der Waals surface area contributed by atoms with E-state index in [0.29, 0.717) is 18.9 Å². The zero-order valence-corrected chi connectivity index (χ0v) is 12.9. The molecule has 0 saturated carbocycles. The first-order valence-corrected chi connectivity index (χ1v) is 7.44. The molecule has 3 rings (SSSR count). The van der Waals surface area contributed by atoms with Crippen LogP contribution in [-0.2, 0) is 4.74 Å². The molecular weight excluding hydrogens is 300 g/mol. The normalized spacial score (nSPS) is 21.0. The fourth-order valence-corrected chi connectivity index (χ4v) is 2.71. The zero-order valence-electron chi connectivity index (χ0n) is 12.9. The van der Waals surface area contributed by atoms with Gasteiger partial charge in [-0.25, -0.2) is 13.8 Å². The maximum atomic E-state index is 14.4. The summed E-state index contributed by atoms with van der Waals surface area (Å²) < 4.78 is 34.3. The van der Waals surface area contributed by atoms with Crippen molar-refractivity contribution in [1.29, 1.82) is 0 Å². The molecule has 23 heavy (non-hydrogen) atoms. The summed E-state index contributed by atoms with van der Waals surface area (Å²) >= 11 is 0. The molecule has 2 aromatic rings. The van der Waals surface area contributed by atoms with Crippen LogP contribution in [0, 0.1) is 23.5 Å². The highest BCUT2D eigenvalue weighted by molar-refractivity contribution is 5.53. The van der Waals surface area contributed by atoms with Crippen molar-refractivity contribution in [3.63, 3.8) is 0 Å². The first-order valence-electron chi connectivity index (χ1n) is 7.44. The van der Waals surface area contributed by atoms with E-state index in [1.807, 2.05) is 13.8 Å². The number of hydrogen-bond donors (Lipinski definition) is 1. The molecule has 1 aromatic heterocycles. The molecule has 0 radical (unpaired) electrons. The molecule has 4 nitrogen and oxygen atoms in total. The van der Waals surface area contributed by atoms with Crippen molar-refractivity contribution in [2.24, 2.45) is 0 Å². The number of aromatic amines is 1. The minimum absolute atomic E-state index is 0.0111. The van der Waals surface area contributed by atoms with Crippen LogP contribution < -0.4 is 4.90 Å². The third-order valence-corrected chi connectivity index (χ3v) is 3.64. The summed E-state index contributed by atoms with van der Waals surface area (Å²) in [5.74, 6) is 3.86. The van der Waals surface area contributed by atoms with Crippen LogP contribution in [0.1, 0.15) is 25.2 Å². The molecule has 1 aliphatic rings. The van der Waals surface area contributed by atoms with Crippen LogP contribution in [0.4, 0.5) is 14.5 Å². The number of nitrogens with one attached hydrogen (secondary N) is 1. The van der Waals surface area contributed by atoms with Crippen molar-refractivity contribution in [2.75, 3.05) is 18.0 Å². The Kier molecular flexibility index (Phi) is 4.30. The molecule has 2 atom stereocenters. The van der Waals surface area contributed by atoms with E-state index in [2.05, 4.69) is 21.8 Å². The second kappa shape index (κ2) is 6.39. The van der Waals surface area contributed by atoms with E-state index in [1.165, 1.54) is 6.07 Å². The molecule has 0 unspecified atom stereocenters. The summed E-state index contributed by atoms with van der Waals surface area (Å²) in [5, 5.41) is 0. The van der Waals surface area contributed by atoms with E-state index in [-0.39, 0.29) is 23.5 Å². The molecule has 1 N–H and O–H groups in total. The van der Waals surface area contributed by atoms with Gasteiger partial charge in [-0.2, -0.15) is 0 Å². The maximum absolute atomic E-state index is 14.4. The van der Waals surface area contributed by atoms with Crippen LogP contribution in [0.15, 0.2) is 24.5 Å². The minimum Gasteiger partial charge on any atom is -0.372 e. The van der Waals surface area contributed by atoms with Crippen LogP contribution in [0.25, 0.3) is 0 Å². The Balaban J connectivity index is 1.88. The zero-order chi connectivity index (χ0) is 16.4. The number of morpholine rings is 1. The molecule has 1 aliphatic heterocycles. The molecule has 0 aliphatic carbocycles. The SMILES string of the molecule is C[C@@H]1CN(c2ccc(C#Cc3ncc[nH]3)c(F)c2F)C[C@H](C)O1. The Morgan fingerprint density at radius 3 is 2.57 bits per heavy atom. The summed E-state index contributed by atoms with van der Waals surface area (Å²) in [6.07, 6.45) is 3.11. The van der Waals surface area contributed by atoms with Crippen molar-refractivity contribution in [3.05, 3.63) is 47.5 Å². The van der Waals surface area contributed by atoms with Gasteiger partial charge >= 0.3 is 0 Å². The number of aromatic nitrogens is 2. The topological polar surface area (TPSA) is 41.2 Å². The van der Waals surface area contributed by atoms with Crippen molar-refractivity contribution in [2.45, 2.75) is 26.1 Å². The summed E-state index contributed by atoms with van der Waals surface area (Å²) in [5.41, 5.74) is 0.255. The van der Waals surface area contributed by atoms with Gasteiger partial charge in [0.05, 0.1) is 23.5 Å². The summed E-state index contributed by atoms with van der Waals surface area (Å²) in [4.78, 5) is 8.52. The second-order valence-electron chi connectivity index (χ2n) is 5.61. The number of benzene rings is 1. The molecule has 1 saturated heterocycles. The second-order valence-corrected chi connectivity index (χ2v) is 5.61. The largest absolute Gasteiger partial charge is 0.372 e. The fraction of sp³-hybridized carbons (Fsp3) is 0.353. The summed E-state index contributed by atoms with van der Waals surface area (Å²) in [7, 11) is 0. The van der Waals surface area contributed by atoms with E-state index in [0.717, 1.165) is 0 Å². The van der Waals surface area contributed by atoms with Gasteiger partial charge in [0, 0.05) is 25.5 Å². The predicted molar refractivity (Wildman–Crippen MR) is 83.1 cm³/mol. The molecule has 120 valence electrons. The fourth-order valence-electron chi connectivity index (χ4n) is 2.71. The van der Waals surface area contributed by atoms with Crippen LogP contribution in [0.2, 0.25) is 0 Å². The lowest BCUT2D eigenvalue weighted by Gasteiger charge is -2.37. The first kappa shape index (κ1) is 15.5. The van der Waals surface area contributed by atoms with Crippen molar-refractivity contribution >= 4 is 5.69 Å². The van der Waals surface area contributed by atoms with Gasteiger partial charge in [0.25, 0.3) is 0 Å². The van der Waals surface area contributed by atoms with Gasteiger partial charge in [-0.1, -0.05) is 5.92 Å². The summed E-state index contributed by atoms with van der Waals surface area (Å²) in [6.45, 7) is 4.89. The van der Waals surface area contributed by atoms with Crippen LogP contribution >= 0.6 is 0 Å². The van der Waals surface area contributed by atoms with Gasteiger partial charge in [0.15, 0.2) is 17.5 Å². The van der Waals surface area contributed by atoms with E-state index in [1.54, 1.807) is 23.4 Å². The van der Waals surface area contributed by atoms with Crippen LogP contribution in [0.5, 0.6) is 0 Å². The molecule has 6 heteroatoms. The lowest BCUT2D eigenvalue weighted by molar-refractivity contribution is -0.00542. The quantitative estimate of drug-likeness (QED) is 0.822. The average molecular weight is 317 g/mol. The number of H-pyrrole nitrogens is 1. The van der Waals surface area contributed by atoms with Crippen molar-refractivity contribution in [3.8, 4) is 11.8 Å². The molecule has 1 fully saturated rings. The van der Waals surface area contributed by atoms with Gasteiger partial charge in [-0.15, -0.1) is 0 Å². The highest BCUT2D eigenvalue weighted by atomic mass is 19.2. The Hall–Kier alpha value is -2.39. The standard InChI is InChI=1S/C17H17F2N3O/c1-11-9-22(10-12(2)23-11)14-5-3-13(16(18)17(14)19)4-6-15-20-7-8-21-15/h3,5,7-8,11-12H,9-10H2,1-2H3,(H,20,21)/t11-,12+. The van der Waals surface area contributed by atoms with Gasteiger partial charge in [0.2, 0.25) is 0 Å². The number of imidazole rings is 1. The average Bonchev–Trinajstić information content (AvgIpc) is 3.01. The Morgan fingerprint density at radius 2 is 1.91 bits per heavy atom. The molecular formula is C17H17F2N3O. The summed E-state index contributed by atoms with van der Waals surface area (Å²) in [6, 6.07) is 3.06. The third kappa shape index (κ3) is 3.35. The highest BCUT2D eigenvalue weighted by Crippen LogP contribution is 2.26. The van der Waals surface area contributed by atoms with Crippen LogP contribution in [-0.4, -0.2) is 35.3 Å². The number of halogens is 2. The van der Waals surface area contributed by atoms with E-state index in [4.69, 9.17) is 4.74 Å². The first-order chi connectivity index (χ1) is 11.0. The number of anilines is 1. The van der Waals surface area contributed by atoms with Crippen molar-refractivity contribution < 1.29 is 13.5 Å². The third-order valence-electron chi connectivity index (χ3n) is 3.64. The van der Waals surface area contributed by atoms with Crippen LogP contribution in [0.3, 0.4) is 0 Å². The minimum atomic E-state index is -0.937. The van der Waals surface area contributed by atoms with Gasteiger partial charge in [-0.3, -0.25) is 0 Å². The Labute approximate surface area is 133 Å². The predicted octanol–water partition coefficient (Wildman–Crippen LogP) is 2.70.